The molecular formula is C21H33N9O6. The lowest BCUT2D eigenvalue weighted by Crippen LogP contribution is -2.58. The molecule has 0 saturated carbocycles. The van der Waals surface area contributed by atoms with Crippen LogP contribution in [-0.2, 0) is 32.0 Å². The van der Waals surface area contributed by atoms with Crippen molar-refractivity contribution in [1.29, 1.82) is 0 Å². The molecule has 2 aromatic heterocycles. The number of aliphatic hydroxyl groups is 1. The number of H-pyrrole nitrogens is 2. The number of carboxylic acid groups (broad SMARTS) is 1. The molecule has 15 heteroatoms. The van der Waals surface area contributed by atoms with E-state index in [9.17, 15) is 24.3 Å². The standard InChI is InChI=1S/C21H33N9O6/c22-4-2-1-3-15(19(33)30-17(21(35)36)6-13-8-25-11-27-13)28-20(34)16(5-12-7-24-10-26-12)29-18(32)14(23)9-31/h7-8,10-11,14-17,31H,1-6,9,22-23H2,(H,24,26)(H,25,27)(H,28,34)(H,29,32)(H,30,33)(H,35,36). The van der Waals surface area contributed by atoms with Gasteiger partial charge in [-0.25, -0.2) is 14.8 Å². The number of carbonyl (C=O) groups is 4. The topological polar surface area (TPSA) is 254 Å². The van der Waals surface area contributed by atoms with E-state index in [0.717, 1.165) is 0 Å². The maximum absolute atomic E-state index is 13.1. The van der Waals surface area contributed by atoms with Crippen molar-refractivity contribution in [2.24, 2.45) is 11.5 Å². The van der Waals surface area contributed by atoms with E-state index in [0.29, 0.717) is 30.8 Å². The molecular weight excluding hydrogens is 474 g/mol. The third-order valence-corrected chi connectivity index (χ3v) is 5.32. The average Bonchev–Trinajstić information content (AvgIpc) is 3.56. The number of nitrogens with one attached hydrogen (secondary N) is 5. The summed E-state index contributed by atoms with van der Waals surface area (Å²) in [5.74, 6) is -3.42. The van der Waals surface area contributed by atoms with Crippen LogP contribution in [-0.4, -0.2) is 91.2 Å². The third-order valence-electron chi connectivity index (χ3n) is 5.32. The van der Waals surface area contributed by atoms with Crippen LogP contribution in [0.3, 0.4) is 0 Å². The van der Waals surface area contributed by atoms with Gasteiger partial charge in [0.2, 0.25) is 17.7 Å². The fraction of sp³-hybridized carbons (Fsp3) is 0.524. The van der Waals surface area contributed by atoms with Crippen LogP contribution in [0.1, 0.15) is 30.7 Å². The van der Waals surface area contributed by atoms with Gasteiger partial charge in [-0.1, -0.05) is 0 Å². The summed E-state index contributed by atoms with van der Waals surface area (Å²) in [4.78, 5) is 63.5. The number of hydrogen-bond donors (Lipinski definition) is 9. The second-order valence-corrected chi connectivity index (χ2v) is 8.16. The molecule has 0 spiro atoms. The molecule has 2 heterocycles. The van der Waals surface area contributed by atoms with Crippen LogP contribution in [0.25, 0.3) is 0 Å². The van der Waals surface area contributed by atoms with Crippen LogP contribution in [0.2, 0.25) is 0 Å². The van der Waals surface area contributed by atoms with Crippen LogP contribution in [0, 0.1) is 0 Å². The number of amides is 3. The fourth-order valence-electron chi connectivity index (χ4n) is 3.31. The van der Waals surface area contributed by atoms with Gasteiger partial charge in [-0.2, -0.15) is 0 Å². The monoisotopic (exact) mass is 507 g/mol. The number of rotatable bonds is 16. The highest BCUT2D eigenvalue weighted by Gasteiger charge is 2.30. The van der Waals surface area contributed by atoms with Crippen molar-refractivity contribution in [2.45, 2.75) is 56.3 Å². The summed E-state index contributed by atoms with van der Waals surface area (Å²) in [6, 6.07) is -4.76. The van der Waals surface area contributed by atoms with E-state index in [4.69, 9.17) is 16.6 Å². The number of aliphatic carboxylic acids is 1. The zero-order chi connectivity index (χ0) is 26.5. The lowest BCUT2D eigenvalue weighted by atomic mass is 10.0. The second kappa shape index (κ2) is 14.6. The van der Waals surface area contributed by atoms with Gasteiger partial charge in [0, 0.05) is 36.6 Å². The molecule has 36 heavy (non-hydrogen) atoms. The Bertz CT molecular complexity index is 967. The largest absolute Gasteiger partial charge is 0.480 e. The van der Waals surface area contributed by atoms with E-state index >= 15 is 0 Å². The first-order valence-corrected chi connectivity index (χ1v) is 11.4. The maximum Gasteiger partial charge on any atom is 0.326 e. The highest BCUT2D eigenvalue weighted by molar-refractivity contribution is 5.94. The Labute approximate surface area is 206 Å². The molecule has 0 fully saturated rings. The van der Waals surface area contributed by atoms with E-state index in [1.54, 1.807) is 0 Å². The van der Waals surface area contributed by atoms with Crippen LogP contribution in [0.4, 0.5) is 0 Å². The Balaban J connectivity index is 2.16. The van der Waals surface area contributed by atoms with Crippen molar-refractivity contribution >= 4 is 23.7 Å². The molecule has 0 aliphatic heterocycles. The Morgan fingerprint density at radius 3 is 1.89 bits per heavy atom. The van der Waals surface area contributed by atoms with E-state index in [1.807, 2.05) is 0 Å². The molecule has 11 N–H and O–H groups in total. The number of carbonyl (C=O) groups excluding carboxylic acids is 3. The Kier molecular flexibility index (Phi) is 11.5. The number of hydrogen-bond acceptors (Lipinski definition) is 9. The molecule has 0 aliphatic rings. The molecule has 0 bridgehead atoms. The molecule has 0 aromatic carbocycles. The SMILES string of the molecule is NCCCCC(NC(=O)C(Cc1cnc[nH]1)NC(=O)C(N)CO)C(=O)NC(Cc1cnc[nH]1)C(=O)O. The summed E-state index contributed by atoms with van der Waals surface area (Å²) in [5, 5.41) is 26.2. The van der Waals surface area contributed by atoms with Gasteiger partial charge in [0.1, 0.15) is 24.2 Å². The number of aromatic nitrogens is 4. The average molecular weight is 508 g/mol. The summed E-state index contributed by atoms with van der Waals surface area (Å²) >= 11 is 0. The molecule has 198 valence electrons. The number of aliphatic hydroxyl groups excluding tert-OH is 1. The minimum atomic E-state index is -1.27. The lowest BCUT2D eigenvalue weighted by Gasteiger charge is -2.25. The van der Waals surface area contributed by atoms with E-state index in [2.05, 4.69) is 35.9 Å². The van der Waals surface area contributed by atoms with Crippen molar-refractivity contribution in [3.63, 3.8) is 0 Å². The van der Waals surface area contributed by atoms with Gasteiger partial charge in [0.05, 0.1) is 19.3 Å². The summed E-state index contributed by atoms with van der Waals surface area (Å²) in [7, 11) is 0. The fourth-order valence-corrected chi connectivity index (χ4v) is 3.31. The number of unbranched alkanes of at least 4 members (excludes halogenated alkanes) is 1. The zero-order valence-corrected chi connectivity index (χ0v) is 19.6. The molecule has 4 unspecified atom stereocenters. The first-order chi connectivity index (χ1) is 17.2. The molecule has 3 amide bonds. The van der Waals surface area contributed by atoms with Crippen molar-refractivity contribution in [3.8, 4) is 0 Å². The minimum absolute atomic E-state index is 0.00440. The van der Waals surface area contributed by atoms with Crippen molar-refractivity contribution in [1.82, 2.24) is 35.9 Å². The summed E-state index contributed by atoms with van der Waals surface area (Å²) in [6.45, 7) is -0.251. The molecule has 0 aliphatic carbocycles. The smallest absolute Gasteiger partial charge is 0.326 e. The predicted molar refractivity (Wildman–Crippen MR) is 126 cm³/mol. The Morgan fingerprint density at radius 2 is 1.39 bits per heavy atom. The quantitative estimate of drug-likeness (QED) is 0.103. The van der Waals surface area contributed by atoms with E-state index < -0.39 is 54.5 Å². The lowest BCUT2D eigenvalue weighted by molar-refractivity contribution is -0.142. The normalized spacial score (nSPS) is 14.3. The van der Waals surface area contributed by atoms with Gasteiger partial charge < -0.3 is 47.6 Å². The van der Waals surface area contributed by atoms with Crippen LogP contribution >= 0.6 is 0 Å². The van der Waals surface area contributed by atoms with Crippen LogP contribution in [0.15, 0.2) is 25.0 Å². The van der Waals surface area contributed by atoms with Gasteiger partial charge in [-0.3, -0.25) is 14.4 Å². The molecule has 4 atom stereocenters. The van der Waals surface area contributed by atoms with Crippen molar-refractivity contribution in [2.75, 3.05) is 13.2 Å². The van der Waals surface area contributed by atoms with Crippen LogP contribution in [0.5, 0.6) is 0 Å². The number of carboxylic acids is 1. The molecule has 2 aromatic rings. The maximum atomic E-state index is 13.1. The van der Waals surface area contributed by atoms with Gasteiger partial charge in [0.25, 0.3) is 0 Å². The van der Waals surface area contributed by atoms with Crippen molar-refractivity contribution in [3.05, 3.63) is 36.4 Å². The Hall–Kier alpha value is -3.82. The highest BCUT2D eigenvalue weighted by Crippen LogP contribution is 2.06. The van der Waals surface area contributed by atoms with Crippen LogP contribution < -0.4 is 27.4 Å². The highest BCUT2D eigenvalue weighted by atomic mass is 16.4. The van der Waals surface area contributed by atoms with Gasteiger partial charge in [-0.05, 0) is 25.8 Å². The first-order valence-electron chi connectivity index (χ1n) is 11.4. The van der Waals surface area contributed by atoms with Gasteiger partial charge in [-0.15, -0.1) is 0 Å². The Morgan fingerprint density at radius 1 is 0.861 bits per heavy atom. The zero-order valence-electron chi connectivity index (χ0n) is 19.6. The van der Waals surface area contributed by atoms with Gasteiger partial charge >= 0.3 is 5.97 Å². The van der Waals surface area contributed by atoms with Gasteiger partial charge in [0.15, 0.2) is 0 Å². The number of aromatic amines is 2. The molecule has 15 nitrogen and oxygen atoms in total. The van der Waals surface area contributed by atoms with E-state index in [1.165, 1.54) is 25.0 Å². The molecule has 0 saturated heterocycles. The number of nitrogens with zero attached hydrogens (tertiary/aromatic N) is 2. The number of imidazole rings is 2. The minimum Gasteiger partial charge on any atom is -0.480 e. The summed E-state index contributed by atoms with van der Waals surface area (Å²) < 4.78 is 0. The third kappa shape index (κ3) is 9.09. The molecule has 2 rings (SSSR count). The summed E-state index contributed by atoms with van der Waals surface area (Å²) in [5.41, 5.74) is 12.1. The number of nitrogens with two attached hydrogens (primary N) is 2. The van der Waals surface area contributed by atoms with Crippen molar-refractivity contribution < 1.29 is 29.4 Å². The predicted octanol–water partition coefficient (Wildman–Crippen LogP) is -3.09. The van der Waals surface area contributed by atoms with E-state index in [-0.39, 0.29) is 19.3 Å². The second-order valence-electron chi connectivity index (χ2n) is 8.16. The summed E-state index contributed by atoms with van der Waals surface area (Å²) in [6.07, 6.45) is 6.93. The molecule has 0 radical (unpaired) electrons. The first kappa shape index (κ1) is 28.4.